The molecule has 1 aliphatic carbocycles. The number of hydrogen-bond donors (Lipinski definition) is 2. The van der Waals surface area contributed by atoms with Crippen LogP contribution in [0.1, 0.15) is 36.4 Å². The maximum absolute atomic E-state index is 10.5. The first-order valence-electron chi connectivity index (χ1n) is 6.51. The number of rotatable bonds is 4. The van der Waals surface area contributed by atoms with Crippen molar-refractivity contribution in [2.75, 3.05) is 13.2 Å². The minimum atomic E-state index is -0.710. The van der Waals surface area contributed by atoms with Crippen LogP contribution in [-0.2, 0) is 11.2 Å². The Morgan fingerprint density at radius 2 is 2.22 bits per heavy atom. The highest BCUT2D eigenvalue weighted by Crippen LogP contribution is 2.28. The van der Waals surface area contributed by atoms with Crippen LogP contribution in [0.3, 0.4) is 0 Å². The monoisotopic (exact) mass is 248 g/mol. The van der Waals surface area contributed by atoms with Gasteiger partial charge in [0.2, 0.25) is 0 Å². The first-order valence-corrected chi connectivity index (χ1v) is 6.51. The fourth-order valence-electron chi connectivity index (χ4n) is 2.52. The Bertz CT molecular complexity index is 407. The van der Waals surface area contributed by atoms with Crippen LogP contribution in [-0.4, -0.2) is 19.2 Å². The SMILES string of the molecule is NC(=O)OCCNC1CCCCc2ccccc21. The first kappa shape index (κ1) is 12.9. The van der Waals surface area contributed by atoms with Crippen LogP contribution in [0.2, 0.25) is 0 Å². The molecular weight excluding hydrogens is 228 g/mol. The highest BCUT2D eigenvalue weighted by molar-refractivity contribution is 5.64. The van der Waals surface area contributed by atoms with Crippen LogP contribution in [0.25, 0.3) is 0 Å². The topological polar surface area (TPSA) is 64.4 Å². The lowest BCUT2D eigenvalue weighted by Crippen LogP contribution is -2.27. The summed E-state index contributed by atoms with van der Waals surface area (Å²) >= 11 is 0. The van der Waals surface area contributed by atoms with Crippen LogP contribution >= 0.6 is 0 Å². The summed E-state index contributed by atoms with van der Waals surface area (Å²) in [6.07, 6.45) is 4.05. The number of nitrogens with two attached hydrogens (primary N) is 1. The molecule has 0 bridgehead atoms. The van der Waals surface area contributed by atoms with Crippen molar-refractivity contribution >= 4 is 6.09 Å². The van der Waals surface area contributed by atoms with Gasteiger partial charge in [0, 0.05) is 12.6 Å². The number of hydrogen-bond acceptors (Lipinski definition) is 3. The van der Waals surface area contributed by atoms with E-state index in [2.05, 4.69) is 29.6 Å². The van der Waals surface area contributed by atoms with E-state index in [1.54, 1.807) is 0 Å². The number of nitrogens with one attached hydrogen (secondary N) is 1. The van der Waals surface area contributed by atoms with E-state index < -0.39 is 6.09 Å². The third-order valence-electron chi connectivity index (χ3n) is 3.36. The van der Waals surface area contributed by atoms with Crippen molar-refractivity contribution in [2.45, 2.75) is 31.7 Å². The fourth-order valence-corrected chi connectivity index (χ4v) is 2.52. The number of aryl methyl sites for hydroxylation is 1. The van der Waals surface area contributed by atoms with Gasteiger partial charge in [-0.05, 0) is 30.4 Å². The van der Waals surface area contributed by atoms with Gasteiger partial charge in [0.05, 0.1) is 0 Å². The summed E-state index contributed by atoms with van der Waals surface area (Å²) in [5.74, 6) is 0. The average molecular weight is 248 g/mol. The number of ether oxygens (including phenoxy) is 1. The Hall–Kier alpha value is -1.55. The second-order valence-electron chi connectivity index (χ2n) is 4.62. The molecule has 2 rings (SSSR count). The molecule has 0 fully saturated rings. The molecule has 0 heterocycles. The minimum Gasteiger partial charge on any atom is -0.448 e. The summed E-state index contributed by atoms with van der Waals surface area (Å²) < 4.78 is 4.73. The number of carbonyl (C=O) groups excluding carboxylic acids is 1. The lowest BCUT2D eigenvalue weighted by atomic mass is 9.99. The number of carbonyl (C=O) groups is 1. The molecule has 0 saturated heterocycles. The molecule has 18 heavy (non-hydrogen) atoms. The molecule has 98 valence electrons. The Morgan fingerprint density at radius 1 is 1.39 bits per heavy atom. The largest absolute Gasteiger partial charge is 0.448 e. The number of amides is 1. The van der Waals surface area contributed by atoms with Crippen LogP contribution in [0.15, 0.2) is 24.3 Å². The van der Waals surface area contributed by atoms with Crippen molar-refractivity contribution < 1.29 is 9.53 Å². The van der Waals surface area contributed by atoms with Gasteiger partial charge >= 0.3 is 6.09 Å². The number of benzene rings is 1. The van der Waals surface area contributed by atoms with Gasteiger partial charge in [-0.2, -0.15) is 0 Å². The lowest BCUT2D eigenvalue weighted by Gasteiger charge is -2.19. The molecule has 1 unspecified atom stereocenters. The van der Waals surface area contributed by atoms with Crippen LogP contribution in [0.4, 0.5) is 4.79 Å². The quantitative estimate of drug-likeness (QED) is 0.634. The maximum Gasteiger partial charge on any atom is 0.404 e. The van der Waals surface area contributed by atoms with Gasteiger partial charge in [-0.15, -0.1) is 0 Å². The Labute approximate surface area is 108 Å². The number of primary amides is 1. The predicted molar refractivity (Wildman–Crippen MR) is 70.3 cm³/mol. The van der Waals surface area contributed by atoms with E-state index in [-0.39, 0.29) is 0 Å². The standard InChI is InChI=1S/C14H20N2O2/c15-14(17)18-10-9-16-13-8-4-2-6-11-5-1-3-7-12(11)13/h1,3,5,7,13,16H,2,4,6,8-10H2,(H2,15,17). The summed E-state index contributed by atoms with van der Waals surface area (Å²) in [6.45, 7) is 0.968. The molecule has 0 spiro atoms. The van der Waals surface area contributed by atoms with Crippen LogP contribution < -0.4 is 11.1 Å². The molecule has 4 heteroatoms. The van der Waals surface area contributed by atoms with Gasteiger partial charge < -0.3 is 15.8 Å². The lowest BCUT2D eigenvalue weighted by molar-refractivity contribution is 0.156. The van der Waals surface area contributed by atoms with Crippen molar-refractivity contribution in [3.8, 4) is 0 Å². The third kappa shape index (κ3) is 3.47. The zero-order chi connectivity index (χ0) is 12.8. The molecule has 0 aromatic heterocycles. The van der Waals surface area contributed by atoms with Gasteiger partial charge in [0.1, 0.15) is 6.61 Å². The highest BCUT2D eigenvalue weighted by atomic mass is 16.5. The zero-order valence-electron chi connectivity index (χ0n) is 10.5. The highest BCUT2D eigenvalue weighted by Gasteiger charge is 2.17. The average Bonchev–Trinajstić information content (AvgIpc) is 2.57. The van der Waals surface area contributed by atoms with Crippen molar-refractivity contribution in [1.82, 2.24) is 5.32 Å². The molecule has 0 radical (unpaired) electrons. The Kier molecular flexibility index (Phi) is 4.59. The van der Waals surface area contributed by atoms with Gasteiger partial charge in [0.15, 0.2) is 0 Å². The maximum atomic E-state index is 10.5. The first-order chi connectivity index (χ1) is 8.77. The van der Waals surface area contributed by atoms with Crippen molar-refractivity contribution in [1.29, 1.82) is 0 Å². The smallest absolute Gasteiger partial charge is 0.404 e. The summed E-state index contributed by atoms with van der Waals surface area (Å²) in [7, 11) is 0. The number of fused-ring (bicyclic) bond motifs is 1. The van der Waals surface area contributed by atoms with Crippen LogP contribution in [0, 0.1) is 0 Å². The van der Waals surface area contributed by atoms with E-state index in [0.29, 0.717) is 19.2 Å². The van der Waals surface area contributed by atoms with Gasteiger partial charge in [0.25, 0.3) is 0 Å². The molecule has 0 aliphatic heterocycles. The molecular formula is C14H20N2O2. The second-order valence-corrected chi connectivity index (χ2v) is 4.62. The summed E-state index contributed by atoms with van der Waals surface area (Å²) in [5, 5.41) is 3.44. The summed E-state index contributed by atoms with van der Waals surface area (Å²) in [6, 6.07) is 8.93. The summed E-state index contributed by atoms with van der Waals surface area (Å²) in [5.41, 5.74) is 7.74. The van der Waals surface area contributed by atoms with Gasteiger partial charge in [-0.1, -0.05) is 30.7 Å². The fraction of sp³-hybridized carbons (Fsp3) is 0.500. The molecule has 4 nitrogen and oxygen atoms in total. The molecule has 1 atom stereocenters. The molecule has 1 aliphatic rings. The predicted octanol–water partition coefficient (Wildman–Crippen LogP) is 2.14. The van der Waals surface area contributed by atoms with Crippen molar-refractivity contribution in [3.05, 3.63) is 35.4 Å². The molecule has 1 aromatic rings. The van der Waals surface area contributed by atoms with E-state index in [0.717, 1.165) is 12.8 Å². The van der Waals surface area contributed by atoms with E-state index in [1.807, 2.05) is 0 Å². The molecule has 0 saturated carbocycles. The van der Waals surface area contributed by atoms with Gasteiger partial charge in [-0.25, -0.2) is 4.79 Å². The third-order valence-corrected chi connectivity index (χ3v) is 3.36. The van der Waals surface area contributed by atoms with E-state index in [4.69, 9.17) is 10.5 Å². The van der Waals surface area contributed by atoms with Crippen LogP contribution in [0.5, 0.6) is 0 Å². The Morgan fingerprint density at radius 3 is 3.06 bits per heavy atom. The second kappa shape index (κ2) is 6.40. The molecule has 1 amide bonds. The van der Waals surface area contributed by atoms with E-state index in [1.165, 1.54) is 24.0 Å². The van der Waals surface area contributed by atoms with E-state index in [9.17, 15) is 4.79 Å². The minimum absolute atomic E-state index is 0.327. The molecule has 3 N–H and O–H groups in total. The Balaban J connectivity index is 1.93. The van der Waals surface area contributed by atoms with Crippen molar-refractivity contribution in [3.63, 3.8) is 0 Å². The normalized spacial score (nSPS) is 18.8. The van der Waals surface area contributed by atoms with E-state index >= 15 is 0 Å². The van der Waals surface area contributed by atoms with Crippen molar-refractivity contribution in [2.24, 2.45) is 5.73 Å². The summed E-state index contributed by atoms with van der Waals surface area (Å²) in [4.78, 5) is 10.5. The molecule has 1 aromatic carbocycles. The zero-order valence-corrected chi connectivity index (χ0v) is 10.5. The van der Waals surface area contributed by atoms with Gasteiger partial charge in [-0.3, -0.25) is 0 Å².